The first-order chi connectivity index (χ1) is 11.1. The molecule has 6 nitrogen and oxygen atoms in total. The summed E-state index contributed by atoms with van der Waals surface area (Å²) in [6.45, 7) is 3.29. The lowest BCUT2D eigenvalue weighted by atomic mass is 10.2. The summed E-state index contributed by atoms with van der Waals surface area (Å²) in [6, 6.07) is 5.80. The number of thioether (sulfide) groups is 1. The maximum Gasteiger partial charge on any atom is 0.234 e. The molecular weight excluding hydrogens is 400 g/mol. The first-order valence-electron chi connectivity index (χ1n) is 6.83. The van der Waals surface area contributed by atoms with Crippen LogP contribution in [0.1, 0.15) is 5.56 Å². The fourth-order valence-electron chi connectivity index (χ4n) is 1.63. The van der Waals surface area contributed by atoms with Crippen molar-refractivity contribution in [2.24, 2.45) is 0 Å². The standard InChI is InChI=1S/C14H17BrN4O2S2/c1-9-3-4-11(10(15)7-9)17-12(20)8-22-14-19-18-13(23-14)16-5-6-21-2/h3-4,7H,5-6,8H2,1-2H3,(H,16,18)(H,17,20). The maximum atomic E-state index is 12.0. The number of aryl methyl sites for hydroxylation is 1. The van der Waals surface area contributed by atoms with Gasteiger partial charge in [0.05, 0.1) is 18.0 Å². The van der Waals surface area contributed by atoms with Crippen molar-refractivity contribution in [3.05, 3.63) is 28.2 Å². The Kier molecular flexibility index (Phi) is 7.28. The van der Waals surface area contributed by atoms with Crippen LogP contribution in [0.3, 0.4) is 0 Å². The molecule has 1 aromatic heterocycles. The normalized spacial score (nSPS) is 10.6. The topological polar surface area (TPSA) is 76.1 Å². The Morgan fingerprint density at radius 2 is 2.26 bits per heavy atom. The molecule has 2 aromatic rings. The lowest BCUT2D eigenvalue weighted by molar-refractivity contribution is -0.113. The molecule has 0 saturated carbocycles. The smallest absolute Gasteiger partial charge is 0.234 e. The van der Waals surface area contributed by atoms with Gasteiger partial charge in [-0.25, -0.2) is 0 Å². The van der Waals surface area contributed by atoms with E-state index in [0.29, 0.717) is 13.2 Å². The average molecular weight is 417 g/mol. The number of amides is 1. The number of rotatable bonds is 8. The van der Waals surface area contributed by atoms with Crippen molar-refractivity contribution in [3.8, 4) is 0 Å². The van der Waals surface area contributed by atoms with Gasteiger partial charge in [0.1, 0.15) is 0 Å². The SMILES string of the molecule is COCCNc1nnc(SCC(=O)Nc2ccc(C)cc2Br)s1. The summed E-state index contributed by atoms with van der Waals surface area (Å²) in [6.07, 6.45) is 0. The molecule has 0 unspecified atom stereocenters. The monoisotopic (exact) mass is 416 g/mol. The van der Waals surface area contributed by atoms with Crippen LogP contribution in [0.15, 0.2) is 27.0 Å². The fraction of sp³-hybridized carbons (Fsp3) is 0.357. The predicted molar refractivity (Wildman–Crippen MR) is 98.5 cm³/mol. The molecular formula is C14H17BrN4O2S2. The van der Waals surface area contributed by atoms with E-state index in [4.69, 9.17) is 4.74 Å². The molecule has 2 N–H and O–H groups in total. The molecule has 2 rings (SSSR count). The molecule has 23 heavy (non-hydrogen) atoms. The number of aromatic nitrogens is 2. The number of ether oxygens (including phenoxy) is 1. The van der Waals surface area contributed by atoms with Gasteiger partial charge in [-0.3, -0.25) is 4.79 Å². The van der Waals surface area contributed by atoms with Crippen LogP contribution >= 0.6 is 39.0 Å². The summed E-state index contributed by atoms with van der Waals surface area (Å²) in [5.41, 5.74) is 1.90. The van der Waals surface area contributed by atoms with E-state index >= 15 is 0 Å². The molecule has 0 aliphatic heterocycles. The summed E-state index contributed by atoms with van der Waals surface area (Å²) in [5, 5.41) is 14.8. The number of carbonyl (C=O) groups excluding carboxylic acids is 1. The molecule has 0 bridgehead atoms. The zero-order valence-corrected chi connectivity index (χ0v) is 16.0. The Balaban J connectivity index is 1.80. The number of benzene rings is 1. The molecule has 0 fully saturated rings. The number of carbonyl (C=O) groups is 1. The second-order valence-corrected chi connectivity index (χ2v) is 7.67. The third-order valence-electron chi connectivity index (χ3n) is 2.71. The van der Waals surface area contributed by atoms with Gasteiger partial charge in [-0.05, 0) is 40.5 Å². The van der Waals surface area contributed by atoms with Crippen LogP contribution in [0.2, 0.25) is 0 Å². The highest BCUT2D eigenvalue weighted by atomic mass is 79.9. The molecule has 1 heterocycles. The van der Waals surface area contributed by atoms with E-state index in [-0.39, 0.29) is 11.7 Å². The van der Waals surface area contributed by atoms with E-state index in [1.54, 1.807) is 7.11 Å². The van der Waals surface area contributed by atoms with Crippen LogP contribution in [0.5, 0.6) is 0 Å². The predicted octanol–water partition coefficient (Wildman–Crippen LogP) is 3.40. The molecule has 124 valence electrons. The number of hydrogen-bond acceptors (Lipinski definition) is 7. The van der Waals surface area contributed by atoms with Gasteiger partial charge < -0.3 is 15.4 Å². The van der Waals surface area contributed by atoms with Crippen LogP contribution in [-0.2, 0) is 9.53 Å². The zero-order valence-electron chi connectivity index (χ0n) is 12.8. The Hall–Kier alpha value is -1.16. The van der Waals surface area contributed by atoms with E-state index < -0.39 is 0 Å². The average Bonchev–Trinajstić information content (AvgIpc) is 2.96. The van der Waals surface area contributed by atoms with Crippen molar-refractivity contribution in [1.29, 1.82) is 0 Å². The summed E-state index contributed by atoms with van der Waals surface area (Å²) in [7, 11) is 1.65. The third-order valence-corrected chi connectivity index (χ3v) is 5.38. The highest BCUT2D eigenvalue weighted by Gasteiger charge is 2.09. The molecule has 1 aromatic carbocycles. The minimum absolute atomic E-state index is 0.0800. The first-order valence-corrected chi connectivity index (χ1v) is 9.43. The molecule has 0 radical (unpaired) electrons. The van der Waals surface area contributed by atoms with Gasteiger partial charge in [0.25, 0.3) is 0 Å². The summed E-state index contributed by atoms with van der Waals surface area (Å²) in [5.74, 6) is 0.205. The van der Waals surface area contributed by atoms with Crippen LogP contribution in [-0.4, -0.2) is 42.1 Å². The van der Waals surface area contributed by atoms with Gasteiger partial charge in [0, 0.05) is 18.1 Å². The highest BCUT2D eigenvalue weighted by molar-refractivity contribution is 9.10. The van der Waals surface area contributed by atoms with Crippen molar-refractivity contribution in [3.63, 3.8) is 0 Å². The second kappa shape index (κ2) is 9.21. The molecule has 0 aliphatic rings. The lowest BCUT2D eigenvalue weighted by Crippen LogP contribution is -2.14. The Morgan fingerprint density at radius 1 is 1.43 bits per heavy atom. The van der Waals surface area contributed by atoms with Gasteiger partial charge in [-0.15, -0.1) is 10.2 Å². The number of methoxy groups -OCH3 is 1. The van der Waals surface area contributed by atoms with Crippen molar-refractivity contribution >= 4 is 55.8 Å². The van der Waals surface area contributed by atoms with E-state index in [2.05, 4.69) is 36.8 Å². The second-order valence-electron chi connectivity index (χ2n) is 4.61. The van der Waals surface area contributed by atoms with E-state index in [1.807, 2.05) is 25.1 Å². The van der Waals surface area contributed by atoms with Crippen LogP contribution in [0, 0.1) is 6.92 Å². The fourth-order valence-corrected chi connectivity index (χ4v) is 3.80. The number of nitrogens with one attached hydrogen (secondary N) is 2. The van der Waals surface area contributed by atoms with E-state index in [0.717, 1.165) is 25.2 Å². The number of anilines is 2. The highest BCUT2D eigenvalue weighted by Crippen LogP contribution is 2.26. The summed E-state index contributed by atoms with van der Waals surface area (Å²) >= 11 is 6.23. The minimum Gasteiger partial charge on any atom is -0.383 e. The maximum absolute atomic E-state index is 12.0. The zero-order chi connectivity index (χ0) is 16.7. The summed E-state index contributed by atoms with van der Waals surface area (Å²) in [4.78, 5) is 12.0. The van der Waals surface area contributed by atoms with Crippen molar-refractivity contribution < 1.29 is 9.53 Å². The minimum atomic E-state index is -0.0800. The molecule has 0 atom stereocenters. The van der Waals surface area contributed by atoms with E-state index in [1.165, 1.54) is 23.1 Å². The van der Waals surface area contributed by atoms with Gasteiger partial charge >= 0.3 is 0 Å². The molecule has 1 amide bonds. The van der Waals surface area contributed by atoms with Gasteiger partial charge in [-0.1, -0.05) is 29.2 Å². The quantitative estimate of drug-likeness (QED) is 0.507. The summed E-state index contributed by atoms with van der Waals surface area (Å²) < 4.78 is 6.58. The van der Waals surface area contributed by atoms with Crippen LogP contribution in [0.4, 0.5) is 10.8 Å². The van der Waals surface area contributed by atoms with Crippen molar-refractivity contribution in [1.82, 2.24) is 10.2 Å². The Labute approximate surface area is 151 Å². The number of hydrogen-bond donors (Lipinski definition) is 2. The molecule has 0 aliphatic carbocycles. The van der Waals surface area contributed by atoms with Gasteiger partial charge in [0.15, 0.2) is 4.34 Å². The number of halogens is 1. The Morgan fingerprint density at radius 3 is 3.00 bits per heavy atom. The van der Waals surface area contributed by atoms with E-state index in [9.17, 15) is 4.79 Å². The van der Waals surface area contributed by atoms with Crippen molar-refractivity contribution in [2.45, 2.75) is 11.3 Å². The molecule has 9 heteroatoms. The lowest BCUT2D eigenvalue weighted by Gasteiger charge is -2.07. The first kappa shape index (κ1) is 18.2. The van der Waals surface area contributed by atoms with Crippen LogP contribution in [0.25, 0.3) is 0 Å². The molecule has 0 spiro atoms. The Bertz CT molecular complexity index is 666. The number of nitrogens with zero attached hydrogens (tertiary/aromatic N) is 2. The third kappa shape index (κ3) is 6.09. The largest absolute Gasteiger partial charge is 0.383 e. The molecule has 0 saturated heterocycles. The van der Waals surface area contributed by atoms with Crippen molar-refractivity contribution in [2.75, 3.05) is 36.6 Å². The van der Waals surface area contributed by atoms with Crippen LogP contribution < -0.4 is 10.6 Å². The van der Waals surface area contributed by atoms with Gasteiger partial charge in [0.2, 0.25) is 11.0 Å². The van der Waals surface area contributed by atoms with Gasteiger partial charge in [-0.2, -0.15) is 0 Å².